The second kappa shape index (κ2) is 8.43. The van der Waals surface area contributed by atoms with Gasteiger partial charge in [0.25, 0.3) is 0 Å². The third-order valence-corrected chi connectivity index (χ3v) is 5.39. The summed E-state index contributed by atoms with van der Waals surface area (Å²) >= 11 is 1.80. The lowest BCUT2D eigenvalue weighted by Gasteiger charge is -2.29. The molecule has 23 heavy (non-hydrogen) atoms. The van der Waals surface area contributed by atoms with Crippen LogP contribution >= 0.6 is 35.7 Å². The van der Waals surface area contributed by atoms with Crippen LogP contribution in [0, 0.1) is 0 Å². The van der Waals surface area contributed by atoms with E-state index in [2.05, 4.69) is 21.7 Å². The first-order valence-corrected chi connectivity index (χ1v) is 8.85. The Labute approximate surface area is 158 Å². The molecule has 7 heteroatoms. The number of hydrogen-bond donors (Lipinski definition) is 3. The smallest absolute Gasteiger partial charge is 0.191 e. The van der Waals surface area contributed by atoms with Gasteiger partial charge in [-0.15, -0.1) is 24.0 Å². The number of halogens is 1. The number of fused-ring (bicyclic) bond motifs is 1. The molecule has 0 saturated carbocycles. The lowest BCUT2D eigenvalue weighted by molar-refractivity contribution is 0.0723. The molecule has 1 aromatic carbocycles. The largest absolute Gasteiger partial charge is 0.493 e. The fraction of sp³-hybridized carbons (Fsp3) is 0.562. The van der Waals surface area contributed by atoms with Crippen molar-refractivity contribution in [3.8, 4) is 5.75 Å². The Hall–Kier alpha value is -0.670. The molecule has 2 aliphatic rings. The molecule has 1 saturated heterocycles. The summed E-state index contributed by atoms with van der Waals surface area (Å²) in [5.41, 5.74) is 0.544. The maximum atomic E-state index is 10.4. The second-order valence-electron chi connectivity index (χ2n) is 5.82. The van der Waals surface area contributed by atoms with Gasteiger partial charge in [0.15, 0.2) is 5.96 Å². The Morgan fingerprint density at radius 3 is 3.04 bits per heavy atom. The quantitative estimate of drug-likeness (QED) is 0.375. The second-order valence-corrected chi connectivity index (χ2v) is 6.93. The van der Waals surface area contributed by atoms with Gasteiger partial charge >= 0.3 is 0 Å². The van der Waals surface area contributed by atoms with Crippen LogP contribution in [0.2, 0.25) is 0 Å². The summed E-state index contributed by atoms with van der Waals surface area (Å²) in [5, 5.41) is 17.1. The highest BCUT2D eigenvalue weighted by molar-refractivity contribution is 14.0. The molecular formula is C16H24IN3O2S. The summed E-state index contributed by atoms with van der Waals surface area (Å²) in [6.45, 7) is 1.23. The first-order chi connectivity index (χ1) is 10.7. The highest BCUT2D eigenvalue weighted by atomic mass is 127. The van der Waals surface area contributed by atoms with Gasteiger partial charge in [-0.3, -0.25) is 4.99 Å². The number of nitrogens with zero attached hydrogens (tertiary/aromatic N) is 1. The topological polar surface area (TPSA) is 65.9 Å². The van der Waals surface area contributed by atoms with E-state index >= 15 is 0 Å². The number of nitrogens with one attached hydrogen (secondary N) is 2. The van der Waals surface area contributed by atoms with Gasteiger partial charge in [-0.25, -0.2) is 0 Å². The molecule has 2 heterocycles. The molecule has 1 aromatic rings. The van der Waals surface area contributed by atoms with Crippen LogP contribution in [0.25, 0.3) is 0 Å². The van der Waals surface area contributed by atoms with E-state index < -0.39 is 5.60 Å². The van der Waals surface area contributed by atoms with Gasteiger partial charge in [-0.05, 0) is 18.2 Å². The maximum Gasteiger partial charge on any atom is 0.191 e. The highest BCUT2D eigenvalue weighted by Gasteiger charge is 2.32. The fourth-order valence-corrected chi connectivity index (χ4v) is 4.13. The van der Waals surface area contributed by atoms with Crippen LogP contribution in [0.1, 0.15) is 24.4 Å². The summed E-state index contributed by atoms with van der Waals surface area (Å²) < 4.78 is 5.68. The zero-order chi connectivity index (χ0) is 15.4. The molecule has 0 spiro atoms. The predicted octanol–water partition coefficient (Wildman–Crippen LogP) is 2.16. The third kappa shape index (κ3) is 4.67. The van der Waals surface area contributed by atoms with Crippen molar-refractivity contribution in [1.82, 2.24) is 10.6 Å². The van der Waals surface area contributed by atoms with Crippen molar-refractivity contribution < 1.29 is 9.84 Å². The van der Waals surface area contributed by atoms with Crippen LogP contribution in [0.5, 0.6) is 5.75 Å². The molecule has 5 nitrogen and oxygen atoms in total. The van der Waals surface area contributed by atoms with Crippen molar-refractivity contribution in [3.63, 3.8) is 0 Å². The number of ether oxygens (including phenoxy) is 1. The summed E-state index contributed by atoms with van der Waals surface area (Å²) in [5.74, 6) is 3.48. The van der Waals surface area contributed by atoms with E-state index in [0.29, 0.717) is 13.2 Å². The molecule has 1 fully saturated rings. The maximum absolute atomic E-state index is 10.4. The van der Waals surface area contributed by atoms with Gasteiger partial charge in [0.2, 0.25) is 0 Å². The fourth-order valence-electron chi connectivity index (χ4n) is 2.84. The van der Waals surface area contributed by atoms with Crippen LogP contribution in [-0.4, -0.2) is 48.4 Å². The minimum absolute atomic E-state index is 0. The molecule has 0 amide bonds. The lowest BCUT2D eigenvalue weighted by atomic mass is 10.0. The van der Waals surface area contributed by atoms with E-state index in [1.54, 1.807) is 18.8 Å². The van der Waals surface area contributed by atoms with Crippen molar-refractivity contribution in [1.29, 1.82) is 0 Å². The van der Waals surface area contributed by atoms with Crippen molar-refractivity contribution in [2.75, 3.05) is 31.7 Å². The molecular weight excluding hydrogens is 425 g/mol. The Kier molecular flexibility index (Phi) is 6.84. The molecule has 0 aromatic heterocycles. The summed E-state index contributed by atoms with van der Waals surface area (Å²) in [6, 6.07) is 8.28. The number of thioether (sulfide) groups is 1. The first-order valence-electron chi connectivity index (χ1n) is 7.69. The monoisotopic (exact) mass is 449 g/mol. The van der Waals surface area contributed by atoms with Gasteiger partial charge in [0.05, 0.1) is 18.2 Å². The van der Waals surface area contributed by atoms with E-state index in [4.69, 9.17) is 4.74 Å². The number of para-hydroxylation sites is 1. The van der Waals surface area contributed by atoms with Crippen LogP contribution in [0.4, 0.5) is 0 Å². The van der Waals surface area contributed by atoms with E-state index in [1.165, 1.54) is 0 Å². The van der Waals surface area contributed by atoms with Gasteiger partial charge in [-0.2, -0.15) is 11.8 Å². The van der Waals surface area contributed by atoms with Gasteiger partial charge in [0.1, 0.15) is 5.75 Å². The number of guanidine groups is 1. The minimum atomic E-state index is -0.615. The van der Waals surface area contributed by atoms with Crippen molar-refractivity contribution >= 4 is 41.7 Å². The first kappa shape index (κ1) is 18.7. The normalized spacial score (nSPS) is 26.7. The predicted molar refractivity (Wildman–Crippen MR) is 106 cm³/mol. The number of benzene rings is 1. The highest BCUT2D eigenvalue weighted by Crippen LogP contribution is 2.31. The summed E-state index contributed by atoms with van der Waals surface area (Å²) in [4.78, 5) is 4.28. The van der Waals surface area contributed by atoms with Gasteiger partial charge in [0, 0.05) is 31.3 Å². The SMILES string of the molecule is CN=C(NCC1(O)CCSC1)NC1CCOc2ccccc21.I. The molecule has 2 atom stereocenters. The Morgan fingerprint density at radius 2 is 2.30 bits per heavy atom. The van der Waals surface area contributed by atoms with Crippen molar-refractivity contribution in [2.24, 2.45) is 4.99 Å². The van der Waals surface area contributed by atoms with Gasteiger partial charge < -0.3 is 20.5 Å². The standard InChI is InChI=1S/C16H23N3O2S.HI/c1-17-15(18-10-16(20)7-9-22-11-16)19-13-6-8-21-14-5-3-2-4-12(13)14;/h2-5,13,20H,6-11H2,1H3,(H2,17,18,19);1H. The van der Waals surface area contributed by atoms with Crippen LogP contribution in [0.3, 0.4) is 0 Å². The molecule has 128 valence electrons. The summed E-state index contributed by atoms with van der Waals surface area (Å²) in [7, 11) is 1.76. The lowest BCUT2D eigenvalue weighted by Crippen LogP contribution is -2.48. The Bertz CT molecular complexity index is 550. The summed E-state index contributed by atoms with van der Waals surface area (Å²) in [6.07, 6.45) is 1.74. The van der Waals surface area contributed by atoms with Crippen LogP contribution in [-0.2, 0) is 0 Å². The number of rotatable bonds is 3. The zero-order valence-electron chi connectivity index (χ0n) is 13.2. The molecule has 0 bridgehead atoms. The zero-order valence-corrected chi connectivity index (χ0v) is 16.4. The van der Waals surface area contributed by atoms with E-state index in [-0.39, 0.29) is 30.0 Å². The van der Waals surface area contributed by atoms with Crippen LogP contribution in [0.15, 0.2) is 29.3 Å². The minimum Gasteiger partial charge on any atom is -0.493 e. The number of aliphatic hydroxyl groups is 1. The molecule has 2 aliphatic heterocycles. The molecule has 3 rings (SSSR count). The number of aliphatic imine (C=N–C) groups is 1. The third-order valence-electron chi connectivity index (χ3n) is 4.16. The Balaban J connectivity index is 0.00000192. The average Bonchev–Trinajstić information content (AvgIpc) is 2.98. The van der Waals surface area contributed by atoms with E-state index in [9.17, 15) is 5.11 Å². The van der Waals surface area contributed by atoms with E-state index in [1.807, 2.05) is 18.2 Å². The van der Waals surface area contributed by atoms with Crippen molar-refractivity contribution in [3.05, 3.63) is 29.8 Å². The average molecular weight is 449 g/mol. The number of hydrogen-bond acceptors (Lipinski definition) is 4. The van der Waals surface area contributed by atoms with Gasteiger partial charge in [-0.1, -0.05) is 18.2 Å². The molecule has 0 aliphatic carbocycles. The van der Waals surface area contributed by atoms with Crippen molar-refractivity contribution in [2.45, 2.75) is 24.5 Å². The van der Waals surface area contributed by atoms with E-state index in [0.717, 1.165) is 41.6 Å². The molecule has 0 radical (unpaired) electrons. The molecule has 2 unspecified atom stereocenters. The molecule has 3 N–H and O–H groups in total. The Morgan fingerprint density at radius 1 is 1.48 bits per heavy atom. The van der Waals surface area contributed by atoms with Crippen LogP contribution < -0.4 is 15.4 Å².